The number of halogens is 6. The number of methoxy groups -OCH3 is 1. The van der Waals surface area contributed by atoms with Gasteiger partial charge in [0.2, 0.25) is 5.95 Å². The SMILES string of the molecule is COc1ccc(Sc2nc(N)nc3c2ncn3CCOC(CC(F)(F)F)(CC(F)(F)F)O[PH](=O)O)cc1. The second-order valence-corrected chi connectivity index (χ2v) is 9.28. The van der Waals surface area contributed by atoms with Gasteiger partial charge in [0, 0.05) is 11.4 Å². The lowest BCUT2D eigenvalue weighted by Gasteiger charge is -2.33. The molecule has 0 aliphatic carbocycles. The van der Waals surface area contributed by atoms with Crippen molar-refractivity contribution in [1.29, 1.82) is 0 Å². The molecule has 2 heterocycles. The molecule has 0 spiro atoms. The number of aromatic nitrogens is 4. The number of alkyl halides is 6. The highest BCUT2D eigenvalue weighted by Crippen LogP contribution is 2.43. The molecular weight excluding hydrogens is 555 g/mol. The van der Waals surface area contributed by atoms with Crippen LogP contribution in [0.2, 0.25) is 0 Å². The van der Waals surface area contributed by atoms with Gasteiger partial charge < -0.3 is 24.7 Å². The van der Waals surface area contributed by atoms with E-state index in [1.165, 1.54) is 29.8 Å². The minimum Gasteiger partial charge on any atom is -0.497 e. The van der Waals surface area contributed by atoms with Gasteiger partial charge in [-0.05, 0) is 24.3 Å². The monoisotopic (exact) mass is 575 g/mol. The summed E-state index contributed by atoms with van der Waals surface area (Å²) in [5.41, 5.74) is 6.19. The lowest BCUT2D eigenvalue weighted by atomic mass is 10.1. The lowest BCUT2D eigenvalue weighted by Crippen LogP contribution is -2.43. The molecule has 0 aliphatic rings. The maximum absolute atomic E-state index is 13.0. The number of nitrogen functional groups attached to an aromatic ring is 1. The van der Waals surface area contributed by atoms with Gasteiger partial charge in [-0.25, -0.2) is 9.97 Å². The fourth-order valence-electron chi connectivity index (χ4n) is 3.29. The van der Waals surface area contributed by atoms with Gasteiger partial charge >= 0.3 is 20.6 Å². The third-order valence-corrected chi connectivity index (χ3v) is 6.17. The van der Waals surface area contributed by atoms with Crippen molar-refractivity contribution in [3.05, 3.63) is 30.6 Å². The topological polar surface area (TPSA) is 135 Å². The van der Waals surface area contributed by atoms with Gasteiger partial charge in [0.25, 0.3) is 0 Å². The molecule has 3 aromatic rings. The van der Waals surface area contributed by atoms with Gasteiger partial charge in [-0.3, -0.25) is 9.09 Å². The molecule has 0 radical (unpaired) electrons. The predicted molar refractivity (Wildman–Crippen MR) is 119 cm³/mol. The zero-order valence-electron chi connectivity index (χ0n) is 18.8. The Bertz CT molecular complexity index is 1230. The van der Waals surface area contributed by atoms with Crippen LogP contribution >= 0.6 is 20.0 Å². The molecule has 18 heteroatoms. The van der Waals surface area contributed by atoms with Crippen LogP contribution < -0.4 is 10.5 Å². The summed E-state index contributed by atoms with van der Waals surface area (Å²) < 4.78 is 105. The summed E-state index contributed by atoms with van der Waals surface area (Å²) in [6, 6.07) is 6.95. The predicted octanol–water partition coefficient (Wildman–Crippen LogP) is 4.58. The normalized spacial score (nSPS) is 13.7. The van der Waals surface area contributed by atoms with Crippen LogP contribution in [0.3, 0.4) is 0 Å². The average molecular weight is 575 g/mol. The second kappa shape index (κ2) is 11.4. The van der Waals surface area contributed by atoms with E-state index in [0.29, 0.717) is 10.8 Å². The highest BCUT2D eigenvalue weighted by molar-refractivity contribution is 7.99. The Morgan fingerprint density at radius 1 is 1.08 bits per heavy atom. The van der Waals surface area contributed by atoms with Gasteiger partial charge in [0.15, 0.2) is 11.4 Å². The molecule has 37 heavy (non-hydrogen) atoms. The number of fused-ring (bicyclic) bond motifs is 1. The van der Waals surface area contributed by atoms with Gasteiger partial charge in [0.05, 0.1) is 32.9 Å². The molecule has 1 unspecified atom stereocenters. The van der Waals surface area contributed by atoms with Gasteiger partial charge in [-0.2, -0.15) is 31.3 Å². The van der Waals surface area contributed by atoms with Crippen LogP contribution in [0.15, 0.2) is 40.5 Å². The van der Waals surface area contributed by atoms with Crippen molar-refractivity contribution in [2.75, 3.05) is 19.5 Å². The Hall–Kier alpha value is -2.59. The Morgan fingerprint density at radius 3 is 2.24 bits per heavy atom. The molecule has 10 nitrogen and oxygen atoms in total. The summed E-state index contributed by atoms with van der Waals surface area (Å²) in [7, 11) is -2.72. The van der Waals surface area contributed by atoms with E-state index in [2.05, 4.69) is 19.5 Å². The molecule has 3 rings (SSSR count). The van der Waals surface area contributed by atoms with Crippen LogP contribution in [0.25, 0.3) is 11.2 Å². The molecule has 0 aliphatic heterocycles. The molecular formula is C19H20F6N5O5PS. The fourth-order valence-corrected chi connectivity index (χ4v) is 4.69. The highest BCUT2D eigenvalue weighted by atomic mass is 32.2. The first-order chi connectivity index (χ1) is 17.2. The molecule has 0 bridgehead atoms. The van der Waals surface area contributed by atoms with E-state index in [0.717, 1.165) is 4.90 Å². The minimum absolute atomic E-state index is 0.140. The molecule has 3 N–H and O–H groups in total. The zero-order valence-corrected chi connectivity index (χ0v) is 20.7. The molecule has 0 amide bonds. The maximum Gasteiger partial charge on any atom is 0.394 e. The van der Waals surface area contributed by atoms with Crippen LogP contribution in [0, 0.1) is 0 Å². The molecule has 2 aromatic heterocycles. The molecule has 0 fully saturated rings. The van der Waals surface area contributed by atoms with Crippen molar-refractivity contribution in [2.24, 2.45) is 0 Å². The van der Waals surface area contributed by atoms with Crippen LogP contribution in [0.4, 0.5) is 32.3 Å². The lowest BCUT2D eigenvalue weighted by molar-refractivity contribution is -0.292. The third-order valence-electron chi connectivity index (χ3n) is 4.63. The van der Waals surface area contributed by atoms with E-state index in [-0.39, 0.29) is 23.7 Å². The molecule has 0 saturated heterocycles. The smallest absolute Gasteiger partial charge is 0.394 e. The molecule has 0 saturated carbocycles. The first kappa shape index (κ1) is 29.0. The van der Waals surface area contributed by atoms with Crippen molar-refractivity contribution >= 4 is 37.1 Å². The Labute approximate surface area is 210 Å². The summed E-state index contributed by atoms with van der Waals surface area (Å²) in [5, 5.41) is 0.345. The zero-order chi connectivity index (χ0) is 27.4. The van der Waals surface area contributed by atoms with E-state index in [9.17, 15) is 30.9 Å². The number of hydrogen-bond acceptors (Lipinski definition) is 9. The fraction of sp³-hybridized carbons (Fsp3) is 0.421. The Morgan fingerprint density at radius 2 is 1.70 bits per heavy atom. The standard InChI is InChI=1S/C19H20F6N5O5PS/c1-33-11-2-4-12(5-3-11)37-15-13-14(28-16(26)29-15)30(10-27-13)6-7-34-17(35-36(31)32,8-18(20,21)22)9-19(23,24)25/h2-5,10,36H,6-9H2,1H3,(H,31,32)(H2,26,28,29). The van der Waals surface area contributed by atoms with Crippen LogP contribution in [0.1, 0.15) is 12.8 Å². The van der Waals surface area contributed by atoms with Crippen molar-refractivity contribution < 1.29 is 49.8 Å². The largest absolute Gasteiger partial charge is 0.497 e. The Balaban J connectivity index is 1.83. The van der Waals surface area contributed by atoms with Crippen molar-refractivity contribution in [3.8, 4) is 5.75 Å². The molecule has 204 valence electrons. The van der Waals surface area contributed by atoms with Crippen molar-refractivity contribution in [3.63, 3.8) is 0 Å². The number of hydrogen-bond donors (Lipinski definition) is 2. The van der Waals surface area contributed by atoms with Gasteiger partial charge in [-0.1, -0.05) is 11.8 Å². The summed E-state index contributed by atoms with van der Waals surface area (Å²) in [6.45, 7) is -1.12. The number of anilines is 1. The first-order valence-corrected chi connectivity index (χ1v) is 12.3. The highest BCUT2D eigenvalue weighted by Gasteiger charge is 2.52. The average Bonchev–Trinajstić information content (AvgIpc) is 3.14. The van der Waals surface area contributed by atoms with E-state index in [1.54, 1.807) is 24.3 Å². The van der Waals surface area contributed by atoms with E-state index in [4.69, 9.17) is 20.1 Å². The summed E-state index contributed by atoms with van der Waals surface area (Å²) in [6.07, 6.45) is -13.7. The van der Waals surface area contributed by atoms with Gasteiger partial charge in [0.1, 0.15) is 16.3 Å². The number of imidazole rings is 1. The van der Waals surface area contributed by atoms with E-state index >= 15 is 0 Å². The molecule has 1 atom stereocenters. The Kier molecular flexibility index (Phi) is 8.95. The number of rotatable bonds is 11. The quantitative estimate of drug-likeness (QED) is 0.145. The van der Waals surface area contributed by atoms with Crippen LogP contribution in [0.5, 0.6) is 5.75 Å². The first-order valence-electron chi connectivity index (χ1n) is 10.2. The van der Waals surface area contributed by atoms with Gasteiger partial charge in [-0.15, -0.1) is 0 Å². The van der Waals surface area contributed by atoms with Crippen LogP contribution in [-0.4, -0.2) is 56.3 Å². The summed E-state index contributed by atoms with van der Waals surface area (Å²) in [4.78, 5) is 22.1. The van der Waals surface area contributed by atoms with Crippen molar-refractivity contribution in [1.82, 2.24) is 19.5 Å². The number of nitrogens with zero attached hydrogens (tertiary/aromatic N) is 4. The number of benzene rings is 1. The van der Waals surface area contributed by atoms with E-state index < -0.39 is 45.8 Å². The van der Waals surface area contributed by atoms with Crippen molar-refractivity contribution in [2.45, 2.75) is 47.4 Å². The maximum atomic E-state index is 13.0. The minimum atomic E-state index is -5.19. The van der Waals surface area contributed by atoms with E-state index in [1.807, 2.05) is 0 Å². The number of nitrogens with two attached hydrogens (primary N) is 1. The van der Waals surface area contributed by atoms with Crippen LogP contribution in [-0.2, 0) is 20.4 Å². The summed E-state index contributed by atoms with van der Waals surface area (Å²) >= 11 is 1.19. The third kappa shape index (κ3) is 8.46. The summed E-state index contributed by atoms with van der Waals surface area (Å²) in [5.74, 6) is -2.98. The molecule has 1 aromatic carbocycles. The second-order valence-electron chi connectivity index (χ2n) is 7.49. The number of ether oxygens (including phenoxy) is 2.